The molecule has 3 heterocycles. The number of benzene rings is 2. The number of rotatable bonds is 7. The van der Waals surface area contributed by atoms with Gasteiger partial charge in [0.1, 0.15) is 29.7 Å². The quantitative estimate of drug-likeness (QED) is 0.327. The highest BCUT2D eigenvalue weighted by Crippen LogP contribution is 2.58. The third-order valence-corrected chi connectivity index (χ3v) is 9.76. The van der Waals surface area contributed by atoms with Crippen LogP contribution in [0.25, 0.3) is 26.9 Å². The lowest BCUT2D eigenvalue weighted by molar-refractivity contribution is -0.128. The number of aromatic hydroxyl groups is 1. The minimum Gasteiger partial charge on any atom is -0.507 e. The number of amides is 1. The normalized spacial score (nSPS) is 24.5. The van der Waals surface area contributed by atoms with E-state index in [-0.39, 0.29) is 41.3 Å². The number of likely N-dealkylation sites (tertiary alicyclic amines) is 1. The van der Waals surface area contributed by atoms with E-state index in [9.17, 15) is 9.90 Å². The molecule has 1 N–H and O–H groups in total. The highest BCUT2D eigenvalue weighted by atomic mass is 19.1. The molecule has 0 unspecified atom stereocenters. The molecule has 9 nitrogen and oxygen atoms in total. The van der Waals surface area contributed by atoms with Crippen LogP contribution in [-0.2, 0) is 11.2 Å². The summed E-state index contributed by atoms with van der Waals surface area (Å²) in [5.41, 5.74) is 3.32. The van der Waals surface area contributed by atoms with E-state index in [0.29, 0.717) is 54.8 Å². The summed E-state index contributed by atoms with van der Waals surface area (Å²) in [6.45, 7) is 13.6. The first kappa shape index (κ1) is 27.6. The largest absolute Gasteiger partial charge is 0.507 e. The van der Waals surface area contributed by atoms with Crippen LogP contribution in [0.1, 0.15) is 36.3 Å². The molecular formula is C33H35FN6O3. The minimum absolute atomic E-state index is 0.0733. The van der Waals surface area contributed by atoms with Crippen molar-refractivity contribution >= 4 is 22.6 Å². The Bertz CT molecular complexity index is 1670. The second-order valence-corrected chi connectivity index (χ2v) is 12.3. The van der Waals surface area contributed by atoms with Gasteiger partial charge >= 0.3 is 6.01 Å². The lowest BCUT2D eigenvalue weighted by atomic mass is 9.92. The van der Waals surface area contributed by atoms with Crippen LogP contribution in [0.15, 0.2) is 36.9 Å². The topological polar surface area (TPSA) is 86.4 Å². The molecule has 3 fully saturated rings. The number of phenolic OH excluding ortho intramolecular Hbond substituents is 1. The summed E-state index contributed by atoms with van der Waals surface area (Å²) in [4.78, 5) is 31.2. The van der Waals surface area contributed by atoms with Gasteiger partial charge in [-0.1, -0.05) is 24.8 Å². The molecule has 1 saturated carbocycles. The van der Waals surface area contributed by atoms with Gasteiger partial charge in [0.15, 0.2) is 5.82 Å². The van der Waals surface area contributed by atoms with Crippen molar-refractivity contribution in [1.29, 1.82) is 0 Å². The summed E-state index contributed by atoms with van der Waals surface area (Å²) in [5.74, 6) is 0.572. The Morgan fingerprint density at radius 3 is 2.91 bits per heavy atom. The van der Waals surface area contributed by atoms with E-state index >= 15 is 4.39 Å². The highest BCUT2D eigenvalue weighted by Gasteiger charge is 2.46. The number of ether oxygens (including phenoxy) is 1. The molecule has 0 spiro atoms. The molecule has 2 saturated heterocycles. The monoisotopic (exact) mass is 582 g/mol. The fraction of sp³-hybridized carbons (Fsp3) is 0.455. The van der Waals surface area contributed by atoms with Gasteiger partial charge in [-0.25, -0.2) is 11.0 Å². The van der Waals surface area contributed by atoms with Crippen LogP contribution in [0.5, 0.6) is 11.8 Å². The molecule has 4 aliphatic rings. The number of anilines is 1. The van der Waals surface area contributed by atoms with Crippen LogP contribution in [0.4, 0.5) is 10.2 Å². The Labute approximate surface area is 250 Å². The molecule has 0 radical (unpaired) electrons. The number of halogens is 1. The predicted molar refractivity (Wildman–Crippen MR) is 162 cm³/mol. The van der Waals surface area contributed by atoms with Crippen LogP contribution < -0.4 is 9.64 Å². The molecule has 1 aromatic heterocycles. The van der Waals surface area contributed by atoms with Crippen LogP contribution in [0.2, 0.25) is 0 Å². The molecule has 43 heavy (non-hydrogen) atoms. The molecule has 10 heteroatoms. The highest BCUT2D eigenvalue weighted by molar-refractivity contribution is 5.97. The van der Waals surface area contributed by atoms with Crippen molar-refractivity contribution in [3.8, 4) is 22.9 Å². The molecule has 1 amide bonds. The van der Waals surface area contributed by atoms with Gasteiger partial charge in [-0.3, -0.25) is 4.79 Å². The second kappa shape index (κ2) is 10.8. The number of fused-ring (bicyclic) bond motifs is 4. The number of carbonyl (C=O) groups excluding carboxylic acids is 1. The third-order valence-electron chi connectivity index (χ3n) is 9.76. The lowest BCUT2D eigenvalue weighted by Gasteiger charge is -2.39. The fourth-order valence-corrected chi connectivity index (χ4v) is 7.35. The Balaban J connectivity index is 1.32. The standard InChI is InChI=1S/C33H35FN6O3/c1-4-28(42)40-12-11-39(17-21(40)16-35-2)32-26-15-27(41)29(23-9-5-8-22-24-13-19(24)14-25(22)23)30(34)31(26)36-33(37-32)43-18-20-7-6-10-38(20)3/h4-5,8-9,15,19-21,24,41H,1,6-7,10-14,16-18H2,3H3/t19-,20-,21-,24-/m0/s1. The van der Waals surface area contributed by atoms with Crippen molar-refractivity contribution < 1.29 is 19.0 Å². The van der Waals surface area contributed by atoms with Crippen LogP contribution in [-0.4, -0.2) is 89.2 Å². The lowest BCUT2D eigenvalue weighted by Crippen LogP contribution is -2.56. The zero-order valence-corrected chi connectivity index (χ0v) is 24.3. The Hall–Kier alpha value is -4.23. The van der Waals surface area contributed by atoms with Crippen molar-refractivity contribution in [3.05, 3.63) is 65.3 Å². The smallest absolute Gasteiger partial charge is 0.319 e. The van der Waals surface area contributed by atoms with Crippen LogP contribution in [0.3, 0.4) is 0 Å². The SMILES string of the molecule is [C-]#[N+]C[C@H]1CN(c2nc(OC[C@@H]3CCCN3C)nc3c(F)c(-c4cccc5c4C[C@@H]4C[C@H]54)c(O)cc23)CCN1C(=O)C=C. The number of aromatic nitrogens is 2. The average molecular weight is 583 g/mol. The summed E-state index contributed by atoms with van der Waals surface area (Å²) in [7, 11) is 2.06. The van der Waals surface area contributed by atoms with Gasteiger partial charge in [-0.05, 0) is 79.9 Å². The maximum Gasteiger partial charge on any atom is 0.319 e. The second-order valence-electron chi connectivity index (χ2n) is 12.3. The fourth-order valence-electron chi connectivity index (χ4n) is 7.35. The van der Waals surface area contributed by atoms with Crippen molar-refractivity contribution in [2.45, 2.75) is 43.7 Å². The summed E-state index contributed by atoms with van der Waals surface area (Å²) < 4.78 is 22.8. The number of nitrogens with zero attached hydrogens (tertiary/aromatic N) is 6. The molecule has 3 aromatic rings. The Morgan fingerprint density at radius 2 is 2.14 bits per heavy atom. The third kappa shape index (κ3) is 4.76. The number of hydrogen-bond acceptors (Lipinski definition) is 7. The van der Waals surface area contributed by atoms with E-state index in [4.69, 9.17) is 16.3 Å². The molecule has 2 aliphatic carbocycles. The van der Waals surface area contributed by atoms with Crippen molar-refractivity contribution in [3.63, 3.8) is 0 Å². The Morgan fingerprint density at radius 1 is 1.28 bits per heavy atom. The predicted octanol–water partition coefficient (Wildman–Crippen LogP) is 4.40. The zero-order valence-electron chi connectivity index (χ0n) is 24.3. The molecule has 2 aromatic carbocycles. The molecule has 222 valence electrons. The van der Waals surface area contributed by atoms with Gasteiger partial charge in [-0.2, -0.15) is 9.97 Å². The summed E-state index contributed by atoms with van der Waals surface area (Å²) in [6, 6.07) is 7.40. The molecule has 0 bridgehead atoms. The van der Waals surface area contributed by atoms with Crippen LogP contribution >= 0.6 is 0 Å². The van der Waals surface area contributed by atoms with Crippen molar-refractivity contribution in [2.75, 3.05) is 51.3 Å². The zero-order chi connectivity index (χ0) is 29.8. The van der Waals surface area contributed by atoms with E-state index in [0.717, 1.165) is 31.4 Å². The van der Waals surface area contributed by atoms with Gasteiger partial charge in [0.25, 0.3) is 0 Å². The molecule has 2 aliphatic heterocycles. The number of phenols is 1. The first-order valence-corrected chi connectivity index (χ1v) is 15.1. The average Bonchev–Trinajstić information content (AvgIpc) is 3.50. The molecule has 4 atom stereocenters. The summed E-state index contributed by atoms with van der Waals surface area (Å²) >= 11 is 0. The number of carbonyl (C=O) groups is 1. The van der Waals surface area contributed by atoms with Crippen molar-refractivity contribution in [1.82, 2.24) is 19.8 Å². The van der Waals surface area contributed by atoms with Crippen LogP contribution in [0, 0.1) is 18.3 Å². The molecular weight excluding hydrogens is 547 g/mol. The first-order valence-electron chi connectivity index (χ1n) is 15.1. The first-order chi connectivity index (χ1) is 20.9. The van der Waals surface area contributed by atoms with E-state index < -0.39 is 11.9 Å². The van der Waals surface area contributed by atoms with E-state index in [1.807, 2.05) is 17.0 Å². The van der Waals surface area contributed by atoms with Crippen molar-refractivity contribution in [2.24, 2.45) is 5.92 Å². The molecule has 7 rings (SSSR count). The number of piperazine rings is 1. The van der Waals surface area contributed by atoms with Gasteiger partial charge in [-0.15, -0.1) is 0 Å². The van der Waals surface area contributed by atoms with E-state index in [1.165, 1.54) is 18.1 Å². The summed E-state index contributed by atoms with van der Waals surface area (Å²) in [5, 5.41) is 11.7. The van der Waals surface area contributed by atoms with E-state index in [1.54, 1.807) is 11.0 Å². The van der Waals surface area contributed by atoms with Gasteiger partial charge in [0, 0.05) is 31.1 Å². The van der Waals surface area contributed by atoms with Gasteiger partial charge < -0.3 is 29.4 Å². The van der Waals surface area contributed by atoms with Gasteiger partial charge in [0.05, 0.1) is 5.56 Å². The number of hydrogen-bond donors (Lipinski definition) is 1. The minimum atomic E-state index is -0.603. The Kier molecular flexibility index (Phi) is 6.93. The van der Waals surface area contributed by atoms with Gasteiger partial charge in [0.2, 0.25) is 12.5 Å². The number of likely N-dealkylation sites (N-methyl/N-ethyl adjacent to an activating group) is 1. The maximum absolute atomic E-state index is 16.7. The van der Waals surface area contributed by atoms with E-state index in [2.05, 4.69) is 34.4 Å². The maximum atomic E-state index is 16.7. The summed E-state index contributed by atoms with van der Waals surface area (Å²) in [6.07, 6.45) is 5.42.